The number of para-hydroxylation sites is 1. The van der Waals surface area contributed by atoms with Crippen LogP contribution in [0.15, 0.2) is 82.1 Å². The molecule has 0 unspecified atom stereocenters. The minimum atomic E-state index is -3.90. The summed E-state index contributed by atoms with van der Waals surface area (Å²) >= 11 is 0. The zero-order chi connectivity index (χ0) is 22.7. The number of nitrogens with one attached hydrogen (secondary N) is 2. The third-order valence-corrected chi connectivity index (χ3v) is 6.10. The molecule has 8 nitrogen and oxygen atoms in total. The number of ether oxygens (including phenoxy) is 2. The van der Waals surface area contributed by atoms with Gasteiger partial charge in [-0.1, -0.05) is 18.2 Å². The number of sulfonamides is 1. The number of hydrogen-bond donors (Lipinski definition) is 2. The van der Waals surface area contributed by atoms with Crippen LogP contribution in [-0.4, -0.2) is 28.5 Å². The van der Waals surface area contributed by atoms with E-state index in [1.165, 1.54) is 44.6 Å². The first-order valence-corrected chi connectivity index (χ1v) is 11.0. The quantitative estimate of drug-likeness (QED) is 0.427. The van der Waals surface area contributed by atoms with Crippen LogP contribution in [-0.2, 0) is 10.0 Å². The zero-order valence-electron chi connectivity index (χ0n) is 17.3. The summed E-state index contributed by atoms with van der Waals surface area (Å²) < 4.78 is 44.0. The molecular weight excluding hydrogens is 432 g/mol. The van der Waals surface area contributed by atoms with E-state index in [1.54, 1.807) is 24.3 Å². The molecule has 0 aliphatic rings. The molecular formula is C23H20N2O6S. The predicted octanol–water partition coefficient (Wildman–Crippen LogP) is 4.50. The summed E-state index contributed by atoms with van der Waals surface area (Å²) in [5, 5.41) is 3.51. The van der Waals surface area contributed by atoms with Crippen LogP contribution in [0, 0.1) is 0 Å². The molecule has 164 valence electrons. The van der Waals surface area contributed by atoms with E-state index >= 15 is 0 Å². The number of fused-ring (bicyclic) bond motifs is 1. The normalized spacial score (nSPS) is 11.2. The zero-order valence-corrected chi connectivity index (χ0v) is 18.1. The minimum Gasteiger partial charge on any atom is -0.497 e. The molecule has 1 heterocycles. The summed E-state index contributed by atoms with van der Waals surface area (Å²) in [6.07, 6.45) is 0. The lowest BCUT2D eigenvalue weighted by atomic mass is 10.2. The van der Waals surface area contributed by atoms with Crippen molar-refractivity contribution in [3.8, 4) is 11.5 Å². The van der Waals surface area contributed by atoms with Crippen LogP contribution in [0.3, 0.4) is 0 Å². The van der Waals surface area contributed by atoms with Crippen molar-refractivity contribution >= 4 is 38.3 Å². The maximum Gasteiger partial charge on any atom is 0.291 e. The fourth-order valence-electron chi connectivity index (χ4n) is 3.10. The lowest BCUT2D eigenvalue weighted by molar-refractivity contribution is 0.0998. The Hall–Kier alpha value is -3.98. The highest BCUT2D eigenvalue weighted by molar-refractivity contribution is 7.92. The van der Waals surface area contributed by atoms with Crippen molar-refractivity contribution in [2.45, 2.75) is 4.90 Å². The second kappa shape index (κ2) is 8.64. The molecule has 32 heavy (non-hydrogen) atoms. The van der Waals surface area contributed by atoms with Gasteiger partial charge in [0, 0.05) is 17.1 Å². The Balaban J connectivity index is 1.51. The molecule has 0 aliphatic carbocycles. The molecule has 3 aromatic carbocycles. The van der Waals surface area contributed by atoms with Crippen molar-refractivity contribution < 1.29 is 27.1 Å². The summed E-state index contributed by atoms with van der Waals surface area (Å²) in [5.41, 5.74) is 1.28. The fourth-order valence-corrected chi connectivity index (χ4v) is 4.16. The van der Waals surface area contributed by atoms with E-state index < -0.39 is 15.9 Å². The van der Waals surface area contributed by atoms with Gasteiger partial charge in [0.25, 0.3) is 15.9 Å². The second-order valence-electron chi connectivity index (χ2n) is 6.80. The van der Waals surface area contributed by atoms with Gasteiger partial charge in [0.2, 0.25) is 0 Å². The van der Waals surface area contributed by atoms with E-state index in [9.17, 15) is 13.2 Å². The topological polar surface area (TPSA) is 107 Å². The average molecular weight is 452 g/mol. The van der Waals surface area contributed by atoms with Crippen molar-refractivity contribution in [1.29, 1.82) is 0 Å². The van der Waals surface area contributed by atoms with Crippen LogP contribution in [0.1, 0.15) is 10.6 Å². The highest BCUT2D eigenvalue weighted by Crippen LogP contribution is 2.31. The first-order valence-electron chi connectivity index (χ1n) is 9.54. The number of hydrogen-bond acceptors (Lipinski definition) is 6. The molecule has 0 atom stereocenters. The number of carbonyl (C=O) groups is 1. The van der Waals surface area contributed by atoms with Gasteiger partial charge in [0.1, 0.15) is 17.1 Å². The van der Waals surface area contributed by atoms with E-state index in [0.717, 1.165) is 5.39 Å². The van der Waals surface area contributed by atoms with Gasteiger partial charge in [-0.3, -0.25) is 9.52 Å². The van der Waals surface area contributed by atoms with Gasteiger partial charge < -0.3 is 19.2 Å². The standard InChI is InChI=1S/C23H20N2O6S/c1-29-17-9-12-21(30-2)19(14-17)25-32(27,28)18-10-7-16(8-11-18)24-23(26)22-13-15-5-3-4-6-20(15)31-22/h3-14,25H,1-2H3,(H,24,26). The van der Waals surface area contributed by atoms with Crippen molar-refractivity contribution in [1.82, 2.24) is 0 Å². The van der Waals surface area contributed by atoms with E-state index in [2.05, 4.69) is 10.0 Å². The van der Waals surface area contributed by atoms with Gasteiger partial charge in [-0.15, -0.1) is 0 Å². The summed E-state index contributed by atoms with van der Waals surface area (Å²) in [7, 11) is -0.974. The molecule has 0 radical (unpaired) electrons. The Kier molecular flexibility index (Phi) is 5.74. The summed E-state index contributed by atoms with van der Waals surface area (Å²) in [4.78, 5) is 12.5. The molecule has 1 amide bonds. The number of anilines is 2. The summed E-state index contributed by atoms with van der Waals surface area (Å²) in [6.45, 7) is 0. The third-order valence-electron chi connectivity index (χ3n) is 4.72. The minimum absolute atomic E-state index is 0.0177. The van der Waals surface area contributed by atoms with Gasteiger partial charge in [-0.05, 0) is 48.5 Å². The lowest BCUT2D eigenvalue weighted by Crippen LogP contribution is -2.14. The van der Waals surface area contributed by atoms with Crippen molar-refractivity contribution in [2.75, 3.05) is 24.3 Å². The Bertz CT molecular complexity index is 1340. The monoisotopic (exact) mass is 452 g/mol. The number of carbonyl (C=O) groups excluding carboxylic acids is 1. The van der Waals surface area contributed by atoms with Crippen LogP contribution in [0.4, 0.5) is 11.4 Å². The van der Waals surface area contributed by atoms with Gasteiger partial charge in [0.15, 0.2) is 5.76 Å². The van der Waals surface area contributed by atoms with Crippen LogP contribution in [0.25, 0.3) is 11.0 Å². The van der Waals surface area contributed by atoms with Crippen molar-refractivity contribution in [2.24, 2.45) is 0 Å². The molecule has 2 N–H and O–H groups in total. The Morgan fingerprint density at radius 3 is 2.34 bits per heavy atom. The average Bonchev–Trinajstić information content (AvgIpc) is 3.24. The lowest BCUT2D eigenvalue weighted by Gasteiger charge is -2.13. The molecule has 9 heteroatoms. The van der Waals surface area contributed by atoms with E-state index in [0.29, 0.717) is 22.8 Å². The highest BCUT2D eigenvalue weighted by Gasteiger charge is 2.18. The Morgan fingerprint density at radius 1 is 0.906 bits per heavy atom. The SMILES string of the molecule is COc1ccc(OC)c(NS(=O)(=O)c2ccc(NC(=O)c3cc4ccccc4o3)cc2)c1. The number of methoxy groups -OCH3 is 2. The highest BCUT2D eigenvalue weighted by atomic mass is 32.2. The van der Waals surface area contributed by atoms with E-state index in [-0.39, 0.29) is 16.3 Å². The molecule has 4 aromatic rings. The van der Waals surface area contributed by atoms with Crippen molar-refractivity contribution in [3.05, 3.63) is 78.6 Å². The summed E-state index contributed by atoms with van der Waals surface area (Å²) in [5.74, 6) is 0.557. The molecule has 0 fully saturated rings. The van der Waals surface area contributed by atoms with Gasteiger partial charge in [-0.25, -0.2) is 8.42 Å². The number of amides is 1. The molecule has 0 aliphatic heterocycles. The fraction of sp³-hybridized carbons (Fsp3) is 0.0870. The van der Waals surface area contributed by atoms with Crippen LogP contribution < -0.4 is 19.5 Å². The maximum absolute atomic E-state index is 12.8. The van der Waals surface area contributed by atoms with Gasteiger partial charge in [0.05, 0.1) is 24.8 Å². The first kappa shape index (κ1) is 21.3. The first-order chi connectivity index (χ1) is 15.4. The van der Waals surface area contributed by atoms with Gasteiger partial charge in [-0.2, -0.15) is 0 Å². The predicted molar refractivity (Wildman–Crippen MR) is 121 cm³/mol. The number of benzene rings is 3. The largest absolute Gasteiger partial charge is 0.497 e. The van der Waals surface area contributed by atoms with E-state index in [1.807, 2.05) is 18.2 Å². The van der Waals surface area contributed by atoms with E-state index in [4.69, 9.17) is 13.9 Å². The molecule has 4 rings (SSSR count). The molecule has 0 saturated heterocycles. The Labute approximate surface area is 184 Å². The molecule has 0 bridgehead atoms. The third kappa shape index (κ3) is 4.37. The van der Waals surface area contributed by atoms with Crippen molar-refractivity contribution in [3.63, 3.8) is 0 Å². The molecule has 1 aromatic heterocycles. The number of furan rings is 1. The van der Waals surface area contributed by atoms with Crippen LogP contribution in [0.5, 0.6) is 11.5 Å². The summed E-state index contributed by atoms with van der Waals surface area (Å²) in [6, 6.07) is 19.5. The van der Waals surface area contributed by atoms with Crippen LogP contribution >= 0.6 is 0 Å². The number of rotatable bonds is 7. The maximum atomic E-state index is 12.8. The van der Waals surface area contributed by atoms with Crippen LogP contribution in [0.2, 0.25) is 0 Å². The Morgan fingerprint density at radius 2 is 1.66 bits per heavy atom. The smallest absolute Gasteiger partial charge is 0.291 e. The van der Waals surface area contributed by atoms with Gasteiger partial charge >= 0.3 is 0 Å². The molecule has 0 saturated carbocycles. The second-order valence-corrected chi connectivity index (χ2v) is 8.48. The molecule has 0 spiro atoms.